The number of carbonyl (C=O) groups excluding carboxylic acids is 2. The highest BCUT2D eigenvalue weighted by Crippen LogP contribution is 2.15. The number of aryl methyl sites for hydroxylation is 1. The molecule has 5 nitrogen and oxygen atoms in total. The van der Waals surface area contributed by atoms with Gasteiger partial charge in [-0.05, 0) is 25.0 Å². The second-order valence-electron chi connectivity index (χ2n) is 4.24. The minimum atomic E-state index is -0.161. The van der Waals surface area contributed by atoms with Gasteiger partial charge in [-0.2, -0.15) is 0 Å². The van der Waals surface area contributed by atoms with Gasteiger partial charge in [0.1, 0.15) is 5.75 Å². The molecule has 0 atom stereocenters. The lowest BCUT2D eigenvalue weighted by Gasteiger charge is -2.09. The Balaban J connectivity index is 2.15. The summed E-state index contributed by atoms with van der Waals surface area (Å²) in [7, 11) is 0. The highest BCUT2D eigenvalue weighted by atomic mass is 16.5. The average Bonchev–Trinajstić information content (AvgIpc) is 2.37. The Kier molecular flexibility index (Phi) is 6.43. The Morgan fingerprint density at radius 2 is 1.84 bits per heavy atom. The lowest BCUT2D eigenvalue weighted by molar-refractivity contribution is -0.123. The highest BCUT2D eigenvalue weighted by Gasteiger charge is 2.03. The van der Waals surface area contributed by atoms with Gasteiger partial charge < -0.3 is 15.4 Å². The van der Waals surface area contributed by atoms with Gasteiger partial charge in [0.05, 0.1) is 0 Å². The number of ether oxygens (including phenoxy) is 1. The van der Waals surface area contributed by atoms with Crippen LogP contribution < -0.4 is 15.4 Å². The van der Waals surface area contributed by atoms with E-state index >= 15 is 0 Å². The van der Waals surface area contributed by atoms with E-state index in [1.54, 1.807) is 0 Å². The molecule has 0 saturated carbocycles. The van der Waals surface area contributed by atoms with Gasteiger partial charge in [0.2, 0.25) is 5.91 Å². The minimum Gasteiger partial charge on any atom is -0.484 e. The summed E-state index contributed by atoms with van der Waals surface area (Å²) in [5, 5.41) is 5.39. The first-order chi connectivity index (χ1) is 9.09. The van der Waals surface area contributed by atoms with Gasteiger partial charge in [-0.3, -0.25) is 9.59 Å². The van der Waals surface area contributed by atoms with Crippen LogP contribution in [0, 0.1) is 6.92 Å². The van der Waals surface area contributed by atoms with Crippen molar-refractivity contribution in [2.24, 2.45) is 0 Å². The van der Waals surface area contributed by atoms with Crippen LogP contribution in [0.5, 0.6) is 5.75 Å². The monoisotopic (exact) mass is 264 g/mol. The maximum Gasteiger partial charge on any atom is 0.257 e. The summed E-state index contributed by atoms with van der Waals surface area (Å²) in [6.07, 6.45) is 0.704. The Bertz CT molecular complexity index is 432. The molecule has 1 aromatic carbocycles. The van der Waals surface area contributed by atoms with Crippen molar-refractivity contribution in [1.82, 2.24) is 10.6 Å². The predicted octanol–water partition coefficient (Wildman–Crippen LogP) is 1.02. The van der Waals surface area contributed by atoms with Crippen molar-refractivity contribution in [2.75, 3.05) is 19.7 Å². The fraction of sp³-hybridized carbons (Fsp3) is 0.429. The van der Waals surface area contributed by atoms with Crippen molar-refractivity contribution in [3.63, 3.8) is 0 Å². The first-order valence-corrected chi connectivity index (χ1v) is 6.29. The molecule has 0 bridgehead atoms. The third-order valence-electron chi connectivity index (χ3n) is 2.50. The molecule has 0 fully saturated rings. The molecule has 2 amide bonds. The Morgan fingerprint density at radius 3 is 2.53 bits per heavy atom. The van der Waals surface area contributed by atoms with Crippen molar-refractivity contribution in [1.29, 1.82) is 0 Å². The van der Waals surface area contributed by atoms with Crippen LogP contribution in [0.4, 0.5) is 0 Å². The summed E-state index contributed by atoms with van der Waals surface area (Å²) in [4.78, 5) is 22.1. The second kappa shape index (κ2) is 8.13. The molecule has 0 saturated heterocycles. The Morgan fingerprint density at radius 1 is 1.16 bits per heavy atom. The van der Waals surface area contributed by atoms with E-state index in [0.717, 1.165) is 11.3 Å². The van der Waals surface area contributed by atoms with E-state index in [1.807, 2.05) is 31.2 Å². The first-order valence-electron chi connectivity index (χ1n) is 6.29. The molecule has 0 heterocycles. The molecule has 104 valence electrons. The summed E-state index contributed by atoms with van der Waals surface area (Å²) >= 11 is 0. The fourth-order valence-corrected chi connectivity index (χ4v) is 1.49. The van der Waals surface area contributed by atoms with Crippen molar-refractivity contribution in [2.45, 2.75) is 20.3 Å². The number of benzene rings is 1. The zero-order valence-corrected chi connectivity index (χ0v) is 11.4. The molecule has 0 aliphatic carbocycles. The van der Waals surface area contributed by atoms with E-state index in [9.17, 15) is 9.59 Å². The van der Waals surface area contributed by atoms with Gasteiger partial charge in [0, 0.05) is 20.0 Å². The zero-order chi connectivity index (χ0) is 14.1. The van der Waals surface area contributed by atoms with Gasteiger partial charge in [-0.1, -0.05) is 18.2 Å². The Hall–Kier alpha value is -2.04. The molecule has 1 aromatic rings. The molecule has 0 aliphatic rings. The van der Waals surface area contributed by atoms with Crippen molar-refractivity contribution in [3.05, 3.63) is 29.8 Å². The molecule has 0 unspecified atom stereocenters. The minimum absolute atomic E-state index is 0.00495. The molecule has 2 N–H and O–H groups in total. The third kappa shape index (κ3) is 6.45. The van der Waals surface area contributed by atoms with Crippen molar-refractivity contribution < 1.29 is 14.3 Å². The van der Waals surface area contributed by atoms with Crippen LogP contribution in [0.25, 0.3) is 0 Å². The summed E-state index contributed by atoms with van der Waals surface area (Å²) < 4.78 is 5.41. The number of rotatable bonds is 7. The van der Waals surface area contributed by atoms with Crippen LogP contribution in [0.3, 0.4) is 0 Å². The van der Waals surface area contributed by atoms with Gasteiger partial charge in [-0.15, -0.1) is 0 Å². The van der Waals surface area contributed by atoms with Gasteiger partial charge in [0.15, 0.2) is 6.61 Å². The SMILES string of the molecule is CC(=O)NCCCNC(=O)COc1ccccc1C. The van der Waals surface area contributed by atoms with Crippen LogP contribution in [0.2, 0.25) is 0 Å². The zero-order valence-electron chi connectivity index (χ0n) is 11.4. The molecule has 1 rings (SSSR count). The second-order valence-corrected chi connectivity index (χ2v) is 4.24. The van der Waals surface area contributed by atoms with E-state index < -0.39 is 0 Å². The lowest BCUT2D eigenvalue weighted by Crippen LogP contribution is -2.32. The van der Waals surface area contributed by atoms with Crippen LogP contribution in [-0.4, -0.2) is 31.5 Å². The Labute approximate surface area is 113 Å². The standard InChI is InChI=1S/C14H20N2O3/c1-11-6-3-4-7-13(11)19-10-14(18)16-9-5-8-15-12(2)17/h3-4,6-7H,5,8-10H2,1-2H3,(H,15,17)(H,16,18). The van der Waals surface area contributed by atoms with Crippen LogP contribution in [-0.2, 0) is 9.59 Å². The van der Waals surface area contributed by atoms with Crippen LogP contribution in [0.1, 0.15) is 18.9 Å². The lowest BCUT2D eigenvalue weighted by atomic mass is 10.2. The largest absolute Gasteiger partial charge is 0.484 e. The van der Waals surface area contributed by atoms with Gasteiger partial charge in [-0.25, -0.2) is 0 Å². The predicted molar refractivity (Wildman–Crippen MR) is 73.0 cm³/mol. The molecule has 0 radical (unpaired) electrons. The number of hydrogen-bond acceptors (Lipinski definition) is 3. The van der Waals surface area contributed by atoms with Crippen LogP contribution in [0.15, 0.2) is 24.3 Å². The summed E-state index contributed by atoms with van der Waals surface area (Å²) in [5.74, 6) is 0.496. The third-order valence-corrected chi connectivity index (χ3v) is 2.50. The summed E-state index contributed by atoms with van der Waals surface area (Å²) in [5.41, 5.74) is 1.00. The quantitative estimate of drug-likeness (QED) is 0.722. The number of nitrogens with one attached hydrogen (secondary N) is 2. The maximum absolute atomic E-state index is 11.5. The first kappa shape index (κ1) is 15.0. The molecule has 0 spiro atoms. The number of hydrogen-bond donors (Lipinski definition) is 2. The summed E-state index contributed by atoms with van der Waals surface area (Å²) in [6, 6.07) is 7.55. The topological polar surface area (TPSA) is 67.4 Å². The normalized spacial score (nSPS) is 9.79. The number of amides is 2. The van der Waals surface area contributed by atoms with E-state index in [-0.39, 0.29) is 18.4 Å². The van der Waals surface area contributed by atoms with E-state index in [2.05, 4.69) is 10.6 Å². The molecule has 19 heavy (non-hydrogen) atoms. The van der Waals surface area contributed by atoms with Gasteiger partial charge in [0.25, 0.3) is 5.91 Å². The fourth-order valence-electron chi connectivity index (χ4n) is 1.49. The van der Waals surface area contributed by atoms with E-state index in [0.29, 0.717) is 19.5 Å². The summed E-state index contributed by atoms with van der Waals surface area (Å²) in [6.45, 7) is 4.49. The van der Waals surface area contributed by atoms with E-state index in [4.69, 9.17) is 4.74 Å². The van der Waals surface area contributed by atoms with Crippen molar-refractivity contribution in [3.8, 4) is 5.75 Å². The average molecular weight is 264 g/mol. The number of carbonyl (C=O) groups is 2. The molecule has 5 heteroatoms. The highest BCUT2D eigenvalue weighted by molar-refractivity contribution is 5.77. The van der Waals surface area contributed by atoms with Crippen LogP contribution >= 0.6 is 0 Å². The molecular formula is C14H20N2O3. The molecular weight excluding hydrogens is 244 g/mol. The molecule has 0 aliphatic heterocycles. The maximum atomic E-state index is 11.5. The number of para-hydroxylation sites is 1. The van der Waals surface area contributed by atoms with E-state index in [1.165, 1.54) is 6.92 Å². The smallest absolute Gasteiger partial charge is 0.257 e. The van der Waals surface area contributed by atoms with Gasteiger partial charge >= 0.3 is 0 Å². The molecule has 0 aromatic heterocycles. The van der Waals surface area contributed by atoms with Crippen molar-refractivity contribution >= 4 is 11.8 Å².